The maximum Gasteiger partial charge on any atom is 0.261 e. The molecule has 0 atom stereocenters. The predicted molar refractivity (Wildman–Crippen MR) is 105 cm³/mol. The number of rotatable bonds is 7. The molecule has 2 N–H and O–H groups in total. The molecule has 130 valence electrons. The first kappa shape index (κ1) is 17.8. The van der Waals surface area contributed by atoms with E-state index in [-0.39, 0.29) is 11.8 Å². The van der Waals surface area contributed by atoms with E-state index in [1.807, 2.05) is 22.9 Å². The smallest absolute Gasteiger partial charge is 0.261 e. The fourth-order valence-electron chi connectivity index (χ4n) is 2.14. The summed E-state index contributed by atoms with van der Waals surface area (Å²) >= 11 is 4.50. The zero-order valence-corrected chi connectivity index (χ0v) is 16.0. The summed E-state index contributed by atoms with van der Waals surface area (Å²) in [7, 11) is 0. The molecule has 8 heteroatoms. The van der Waals surface area contributed by atoms with Gasteiger partial charge in [-0.05, 0) is 36.9 Å². The van der Waals surface area contributed by atoms with Crippen molar-refractivity contribution in [1.82, 2.24) is 10.3 Å². The van der Waals surface area contributed by atoms with Crippen molar-refractivity contribution in [1.29, 1.82) is 0 Å². The van der Waals surface area contributed by atoms with E-state index in [2.05, 4.69) is 28.6 Å². The van der Waals surface area contributed by atoms with Crippen molar-refractivity contribution in [2.45, 2.75) is 19.8 Å². The normalized spacial score (nSPS) is 10.6. The molecule has 3 aromatic heterocycles. The van der Waals surface area contributed by atoms with Gasteiger partial charge in [-0.1, -0.05) is 6.07 Å². The monoisotopic (exact) mass is 391 g/mol. The van der Waals surface area contributed by atoms with Crippen LogP contribution in [0.25, 0.3) is 10.6 Å². The molecule has 5 nitrogen and oxygen atoms in total. The highest BCUT2D eigenvalue weighted by molar-refractivity contribution is 7.17. The van der Waals surface area contributed by atoms with Crippen molar-refractivity contribution in [3.05, 3.63) is 44.8 Å². The molecule has 0 aliphatic carbocycles. The van der Waals surface area contributed by atoms with Crippen LogP contribution >= 0.6 is 34.0 Å². The summed E-state index contributed by atoms with van der Waals surface area (Å²) < 4.78 is 0. The molecule has 0 aromatic carbocycles. The third-order valence-corrected chi connectivity index (χ3v) is 6.00. The number of aryl methyl sites for hydroxylation is 1. The van der Waals surface area contributed by atoms with Gasteiger partial charge in [0, 0.05) is 23.2 Å². The fraction of sp³-hybridized carbons (Fsp3) is 0.235. The Hall–Kier alpha value is -2.03. The van der Waals surface area contributed by atoms with Crippen LogP contribution in [0.15, 0.2) is 35.0 Å². The van der Waals surface area contributed by atoms with Crippen LogP contribution < -0.4 is 10.6 Å². The summed E-state index contributed by atoms with van der Waals surface area (Å²) in [6.07, 6.45) is 0.934. The third-order valence-electron chi connectivity index (χ3n) is 3.35. The van der Waals surface area contributed by atoms with Crippen molar-refractivity contribution in [3.8, 4) is 10.6 Å². The molecule has 0 unspecified atom stereocenters. The van der Waals surface area contributed by atoms with Crippen LogP contribution in [-0.4, -0.2) is 23.3 Å². The summed E-state index contributed by atoms with van der Waals surface area (Å²) in [5.41, 5.74) is 0.890. The second kappa shape index (κ2) is 8.37. The third kappa shape index (κ3) is 4.97. The number of nitrogens with one attached hydrogen (secondary N) is 2. The number of nitrogens with zero attached hydrogens (tertiary/aromatic N) is 1. The minimum Gasteiger partial charge on any atom is -0.351 e. The van der Waals surface area contributed by atoms with Gasteiger partial charge in [0.1, 0.15) is 0 Å². The molecule has 0 bridgehead atoms. The number of thiazole rings is 1. The minimum atomic E-state index is -0.0915. The number of anilines is 1. The fourth-order valence-corrected chi connectivity index (χ4v) is 4.41. The molecule has 25 heavy (non-hydrogen) atoms. The van der Waals surface area contributed by atoms with E-state index in [9.17, 15) is 9.59 Å². The van der Waals surface area contributed by atoms with Crippen molar-refractivity contribution in [3.63, 3.8) is 0 Å². The molecule has 0 spiro atoms. The standard InChI is InChI=1S/C17H17N3O2S3/c1-11-6-7-13(25-11)12-10-24-17(19-12)20-15(21)5-2-8-18-16(22)14-4-3-9-23-14/h3-4,6-7,9-10H,2,5,8H2,1H3,(H,18,22)(H,19,20,21). The van der Waals surface area contributed by atoms with Gasteiger partial charge in [0.2, 0.25) is 5.91 Å². The number of thiophene rings is 2. The highest BCUT2D eigenvalue weighted by Crippen LogP contribution is 2.30. The lowest BCUT2D eigenvalue weighted by Crippen LogP contribution is -2.24. The molecule has 3 rings (SSSR count). The largest absolute Gasteiger partial charge is 0.351 e. The molecule has 0 saturated carbocycles. The molecular weight excluding hydrogens is 374 g/mol. The van der Waals surface area contributed by atoms with Crippen LogP contribution in [0.4, 0.5) is 5.13 Å². The number of amides is 2. The average molecular weight is 392 g/mol. The first-order valence-corrected chi connectivity index (χ1v) is 10.3. The number of hydrogen-bond acceptors (Lipinski definition) is 6. The Balaban J connectivity index is 1.41. The molecule has 0 radical (unpaired) electrons. The number of carbonyl (C=O) groups excluding carboxylic acids is 2. The van der Waals surface area contributed by atoms with Crippen molar-refractivity contribution in [2.75, 3.05) is 11.9 Å². The first-order chi connectivity index (χ1) is 12.1. The Morgan fingerprint density at radius 3 is 2.80 bits per heavy atom. The number of aromatic nitrogens is 1. The highest BCUT2D eigenvalue weighted by atomic mass is 32.1. The van der Waals surface area contributed by atoms with Crippen LogP contribution in [0, 0.1) is 6.92 Å². The number of carbonyl (C=O) groups is 2. The van der Waals surface area contributed by atoms with Gasteiger partial charge in [-0.3, -0.25) is 9.59 Å². The van der Waals surface area contributed by atoms with Gasteiger partial charge in [-0.25, -0.2) is 4.98 Å². The topological polar surface area (TPSA) is 71.1 Å². The summed E-state index contributed by atoms with van der Waals surface area (Å²) in [5.74, 6) is -0.181. The van der Waals surface area contributed by atoms with Gasteiger partial charge in [0.15, 0.2) is 5.13 Å². The van der Waals surface area contributed by atoms with E-state index in [4.69, 9.17) is 0 Å². The summed E-state index contributed by atoms with van der Waals surface area (Å²) in [5, 5.41) is 10.0. The van der Waals surface area contributed by atoms with Crippen LogP contribution in [0.1, 0.15) is 27.4 Å². The van der Waals surface area contributed by atoms with Crippen LogP contribution in [0.5, 0.6) is 0 Å². The molecule has 0 fully saturated rings. The Labute approximate surface area is 157 Å². The van der Waals surface area contributed by atoms with Gasteiger partial charge in [0.05, 0.1) is 15.4 Å². The van der Waals surface area contributed by atoms with E-state index < -0.39 is 0 Å². The highest BCUT2D eigenvalue weighted by Gasteiger charge is 2.10. The summed E-state index contributed by atoms with van der Waals surface area (Å²) in [6, 6.07) is 7.72. The summed E-state index contributed by atoms with van der Waals surface area (Å²) in [6.45, 7) is 2.53. The van der Waals surface area contributed by atoms with Crippen molar-refractivity contribution >= 4 is 51.0 Å². The molecule has 0 saturated heterocycles. The van der Waals surface area contributed by atoms with Crippen LogP contribution in [0.3, 0.4) is 0 Å². The van der Waals surface area contributed by atoms with E-state index in [1.54, 1.807) is 17.4 Å². The van der Waals surface area contributed by atoms with Gasteiger partial charge in [-0.2, -0.15) is 0 Å². The predicted octanol–water partition coefficient (Wildman–Crippen LogP) is 4.39. The lowest BCUT2D eigenvalue weighted by molar-refractivity contribution is -0.116. The molecule has 2 amide bonds. The van der Waals surface area contributed by atoms with Gasteiger partial charge < -0.3 is 10.6 Å². The van der Waals surface area contributed by atoms with Crippen molar-refractivity contribution < 1.29 is 9.59 Å². The van der Waals surface area contributed by atoms with Crippen LogP contribution in [0.2, 0.25) is 0 Å². The van der Waals surface area contributed by atoms with Gasteiger partial charge in [0.25, 0.3) is 5.91 Å². The van der Waals surface area contributed by atoms with Gasteiger partial charge in [-0.15, -0.1) is 34.0 Å². The zero-order valence-electron chi connectivity index (χ0n) is 13.6. The average Bonchev–Trinajstić information content (AvgIpc) is 3.32. The quantitative estimate of drug-likeness (QED) is 0.587. The second-order valence-corrected chi connectivity index (χ2v) is 8.43. The Morgan fingerprint density at radius 2 is 2.08 bits per heavy atom. The van der Waals surface area contributed by atoms with E-state index >= 15 is 0 Å². The summed E-state index contributed by atoms with van der Waals surface area (Å²) in [4.78, 5) is 31.2. The van der Waals surface area contributed by atoms with E-state index in [0.29, 0.717) is 29.4 Å². The Kier molecular flexibility index (Phi) is 5.95. The Bertz CT molecular complexity index is 852. The maximum atomic E-state index is 12.0. The lowest BCUT2D eigenvalue weighted by atomic mass is 10.3. The molecule has 3 aromatic rings. The SMILES string of the molecule is Cc1ccc(-c2csc(NC(=O)CCCNC(=O)c3cccs3)n2)s1. The Morgan fingerprint density at radius 1 is 1.20 bits per heavy atom. The minimum absolute atomic E-state index is 0.0892. The zero-order chi connectivity index (χ0) is 17.6. The van der Waals surface area contributed by atoms with Gasteiger partial charge >= 0.3 is 0 Å². The van der Waals surface area contributed by atoms with E-state index in [1.165, 1.54) is 27.6 Å². The second-order valence-electron chi connectivity index (χ2n) is 5.33. The lowest BCUT2D eigenvalue weighted by Gasteiger charge is -2.04. The van der Waals surface area contributed by atoms with Crippen molar-refractivity contribution in [2.24, 2.45) is 0 Å². The first-order valence-electron chi connectivity index (χ1n) is 7.76. The molecule has 3 heterocycles. The maximum absolute atomic E-state index is 12.0. The molecule has 0 aliphatic heterocycles. The van der Waals surface area contributed by atoms with E-state index in [0.717, 1.165) is 10.6 Å². The van der Waals surface area contributed by atoms with Crippen LogP contribution in [-0.2, 0) is 4.79 Å². The molecular formula is C17H17N3O2S3. The number of hydrogen-bond donors (Lipinski definition) is 2. The molecule has 0 aliphatic rings.